The number of carbonyl (C=O) groups excluding carboxylic acids is 1. The highest BCUT2D eigenvalue weighted by molar-refractivity contribution is 7.81. The number of fused-ring (bicyclic) bond motifs is 1. The summed E-state index contributed by atoms with van der Waals surface area (Å²) in [6, 6.07) is 5.69. The van der Waals surface area contributed by atoms with Crippen molar-refractivity contribution >= 4 is 29.6 Å². The van der Waals surface area contributed by atoms with Crippen LogP contribution < -0.4 is 5.32 Å². The van der Waals surface area contributed by atoms with E-state index < -0.39 is 0 Å². The number of hydrogen-bond acceptors (Lipinski definition) is 4. The summed E-state index contributed by atoms with van der Waals surface area (Å²) in [6.07, 6.45) is 0. The third-order valence-corrected chi connectivity index (χ3v) is 2.48. The molecule has 16 heavy (non-hydrogen) atoms. The van der Waals surface area contributed by atoms with Crippen molar-refractivity contribution in [1.82, 2.24) is 10.3 Å². The van der Waals surface area contributed by atoms with Crippen LogP contribution in [-0.4, -0.2) is 16.6 Å². The normalized spacial score (nSPS) is 10.6. The van der Waals surface area contributed by atoms with Gasteiger partial charge in [-0.25, -0.2) is 4.98 Å². The summed E-state index contributed by atoms with van der Waals surface area (Å²) in [6.45, 7) is 2.29. The lowest BCUT2D eigenvalue weighted by atomic mass is 10.2. The van der Waals surface area contributed by atoms with E-state index in [2.05, 4.69) is 22.9 Å². The van der Waals surface area contributed by atoms with Gasteiger partial charge in [0.25, 0.3) is 0 Å². The summed E-state index contributed by atoms with van der Waals surface area (Å²) in [5.74, 6) is 0.757. The Balaban J connectivity index is 2.16. The molecule has 1 N–H and O–H groups in total. The fourth-order valence-electron chi connectivity index (χ4n) is 1.45. The minimum absolute atomic E-state index is 0.0859. The molecule has 1 aromatic heterocycles. The third-order valence-electron chi connectivity index (χ3n) is 2.19. The molecule has 1 aromatic carbocycles. The topological polar surface area (TPSA) is 55.1 Å². The minimum Gasteiger partial charge on any atom is -0.441 e. The molecule has 2 aromatic rings. The van der Waals surface area contributed by atoms with Gasteiger partial charge in [0.05, 0.1) is 5.75 Å². The van der Waals surface area contributed by atoms with Crippen molar-refractivity contribution in [1.29, 1.82) is 0 Å². The van der Waals surface area contributed by atoms with Crippen molar-refractivity contribution in [2.45, 2.75) is 13.5 Å². The largest absolute Gasteiger partial charge is 0.441 e. The molecular formula is C11H12N2O2S. The van der Waals surface area contributed by atoms with Crippen molar-refractivity contribution in [2.24, 2.45) is 0 Å². The van der Waals surface area contributed by atoms with Gasteiger partial charge in [-0.05, 0) is 17.7 Å². The zero-order chi connectivity index (χ0) is 11.5. The van der Waals surface area contributed by atoms with E-state index in [0.29, 0.717) is 12.4 Å². The Labute approximate surface area is 98.5 Å². The Kier molecular flexibility index (Phi) is 3.14. The Hall–Kier alpha value is -1.49. The molecule has 1 amide bonds. The number of thiol groups is 1. The molecule has 2 rings (SSSR count). The lowest BCUT2D eigenvalue weighted by Crippen LogP contribution is -2.23. The minimum atomic E-state index is -0.0859. The first-order valence-corrected chi connectivity index (χ1v) is 5.56. The van der Waals surface area contributed by atoms with Gasteiger partial charge in [0, 0.05) is 13.5 Å². The Morgan fingerprint density at radius 2 is 2.38 bits per heavy atom. The summed E-state index contributed by atoms with van der Waals surface area (Å²) < 4.78 is 5.40. The second-order valence-electron chi connectivity index (χ2n) is 3.47. The molecule has 0 saturated heterocycles. The number of nitrogens with one attached hydrogen (secondary N) is 1. The van der Waals surface area contributed by atoms with Crippen LogP contribution >= 0.6 is 12.6 Å². The number of carbonyl (C=O) groups is 1. The maximum Gasteiger partial charge on any atom is 0.229 e. The lowest BCUT2D eigenvalue weighted by molar-refractivity contribution is -0.118. The maximum absolute atomic E-state index is 11.0. The Morgan fingerprint density at radius 3 is 3.12 bits per heavy atom. The van der Waals surface area contributed by atoms with Crippen molar-refractivity contribution < 1.29 is 9.21 Å². The zero-order valence-corrected chi connectivity index (χ0v) is 9.75. The van der Waals surface area contributed by atoms with Crippen LogP contribution in [-0.2, 0) is 11.3 Å². The van der Waals surface area contributed by atoms with Gasteiger partial charge in [-0.3, -0.25) is 4.79 Å². The predicted molar refractivity (Wildman–Crippen MR) is 64.4 cm³/mol. The first-order valence-electron chi connectivity index (χ1n) is 4.92. The van der Waals surface area contributed by atoms with Gasteiger partial charge in [0.2, 0.25) is 5.91 Å². The highest BCUT2D eigenvalue weighted by atomic mass is 32.1. The van der Waals surface area contributed by atoms with E-state index in [4.69, 9.17) is 4.42 Å². The zero-order valence-electron chi connectivity index (χ0n) is 8.86. The third kappa shape index (κ3) is 2.36. The van der Waals surface area contributed by atoms with E-state index >= 15 is 0 Å². The predicted octanol–water partition coefficient (Wildman–Crippen LogP) is 1.68. The molecule has 0 radical (unpaired) electrons. The van der Waals surface area contributed by atoms with Crippen LogP contribution in [0.15, 0.2) is 22.6 Å². The number of oxazole rings is 1. The molecule has 0 saturated carbocycles. The van der Waals surface area contributed by atoms with E-state index in [1.54, 1.807) is 0 Å². The summed E-state index contributed by atoms with van der Waals surface area (Å²) in [7, 11) is 0. The molecule has 1 heterocycles. The number of hydrogen-bond donors (Lipinski definition) is 2. The van der Waals surface area contributed by atoms with Crippen LogP contribution in [0.5, 0.6) is 0 Å². The molecular weight excluding hydrogens is 224 g/mol. The second kappa shape index (κ2) is 4.57. The number of aromatic nitrogens is 1. The molecule has 0 aliphatic rings. The van der Waals surface area contributed by atoms with Gasteiger partial charge in [0.1, 0.15) is 5.52 Å². The number of nitrogens with zero attached hydrogens (tertiary/aromatic N) is 1. The highest BCUT2D eigenvalue weighted by Crippen LogP contribution is 2.16. The Morgan fingerprint density at radius 1 is 1.56 bits per heavy atom. The molecule has 0 spiro atoms. The number of rotatable bonds is 3. The summed E-state index contributed by atoms with van der Waals surface area (Å²) in [5.41, 5.74) is 2.57. The van der Waals surface area contributed by atoms with Crippen LogP contribution in [0.3, 0.4) is 0 Å². The van der Waals surface area contributed by atoms with Crippen molar-refractivity contribution in [3.8, 4) is 0 Å². The summed E-state index contributed by atoms with van der Waals surface area (Å²) in [5, 5.41) is 2.74. The van der Waals surface area contributed by atoms with Crippen molar-refractivity contribution in [3.63, 3.8) is 0 Å². The molecule has 0 unspecified atom stereocenters. The first kappa shape index (κ1) is 11.0. The van der Waals surface area contributed by atoms with Crippen LogP contribution in [0, 0.1) is 6.92 Å². The fraction of sp³-hybridized carbons (Fsp3) is 0.273. The summed E-state index contributed by atoms with van der Waals surface area (Å²) >= 11 is 3.88. The number of aryl methyl sites for hydroxylation is 1. The Bertz CT molecular complexity index is 522. The molecule has 0 fully saturated rings. The summed E-state index contributed by atoms with van der Waals surface area (Å²) in [4.78, 5) is 15.2. The van der Waals surface area contributed by atoms with E-state index in [0.717, 1.165) is 16.7 Å². The van der Waals surface area contributed by atoms with E-state index in [9.17, 15) is 4.79 Å². The van der Waals surface area contributed by atoms with Crippen LogP contribution in [0.2, 0.25) is 0 Å². The highest BCUT2D eigenvalue weighted by Gasteiger charge is 2.04. The monoisotopic (exact) mass is 236 g/mol. The number of benzene rings is 1. The maximum atomic E-state index is 11.0. The quantitative estimate of drug-likeness (QED) is 0.797. The van der Waals surface area contributed by atoms with E-state index in [1.165, 1.54) is 0 Å². The second-order valence-corrected chi connectivity index (χ2v) is 3.79. The van der Waals surface area contributed by atoms with Gasteiger partial charge in [-0.2, -0.15) is 12.6 Å². The van der Waals surface area contributed by atoms with E-state index in [1.807, 2.05) is 25.1 Å². The van der Waals surface area contributed by atoms with Gasteiger partial charge >= 0.3 is 0 Å². The van der Waals surface area contributed by atoms with Crippen LogP contribution in [0.1, 0.15) is 11.5 Å². The standard InChI is InChI=1S/C11H12N2O2S/c1-7-13-9-3-2-8(4-10(9)15-7)5-12-11(14)6-16/h2-4,16H,5-6H2,1H3,(H,12,14). The molecule has 0 aliphatic carbocycles. The molecule has 5 heteroatoms. The molecule has 0 bridgehead atoms. The molecule has 4 nitrogen and oxygen atoms in total. The first-order chi connectivity index (χ1) is 7.69. The SMILES string of the molecule is Cc1nc2ccc(CNC(=O)CS)cc2o1. The molecule has 0 aliphatic heterocycles. The average molecular weight is 236 g/mol. The van der Waals surface area contributed by atoms with Gasteiger partial charge in [-0.15, -0.1) is 0 Å². The van der Waals surface area contributed by atoms with Gasteiger partial charge < -0.3 is 9.73 Å². The van der Waals surface area contributed by atoms with Crippen molar-refractivity contribution in [2.75, 3.05) is 5.75 Å². The lowest BCUT2D eigenvalue weighted by Gasteiger charge is -2.02. The van der Waals surface area contributed by atoms with Crippen LogP contribution in [0.4, 0.5) is 0 Å². The average Bonchev–Trinajstić information content (AvgIpc) is 2.65. The molecule has 0 atom stereocenters. The fourth-order valence-corrected chi connectivity index (χ4v) is 1.56. The van der Waals surface area contributed by atoms with Crippen LogP contribution in [0.25, 0.3) is 11.1 Å². The number of amides is 1. The van der Waals surface area contributed by atoms with Crippen molar-refractivity contribution in [3.05, 3.63) is 29.7 Å². The molecule has 84 valence electrons. The smallest absolute Gasteiger partial charge is 0.229 e. The van der Waals surface area contributed by atoms with Gasteiger partial charge in [-0.1, -0.05) is 6.07 Å². The van der Waals surface area contributed by atoms with E-state index in [-0.39, 0.29) is 11.7 Å². The van der Waals surface area contributed by atoms with Gasteiger partial charge in [0.15, 0.2) is 11.5 Å².